The van der Waals surface area contributed by atoms with E-state index in [1.165, 1.54) is 0 Å². The van der Waals surface area contributed by atoms with Gasteiger partial charge in [0, 0.05) is 25.4 Å². The number of nitrogens with one attached hydrogen (secondary N) is 1. The van der Waals surface area contributed by atoms with E-state index in [0.29, 0.717) is 25.3 Å². The van der Waals surface area contributed by atoms with Crippen molar-refractivity contribution in [2.75, 3.05) is 19.6 Å². The number of amides is 1. The van der Waals surface area contributed by atoms with E-state index in [2.05, 4.69) is 5.32 Å². The van der Waals surface area contributed by atoms with Gasteiger partial charge in [0.2, 0.25) is 5.92 Å². The summed E-state index contributed by atoms with van der Waals surface area (Å²) in [6.07, 6.45) is 2.01. The second-order valence-corrected chi connectivity index (χ2v) is 7.47. The topological polar surface area (TPSA) is 41.6 Å². The van der Waals surface area contributed by atoms with Gasteiger partial charge in [0.05, 0.1) is 0 Å². The van der Waals surface area contributed by atoms with E-state index in [0.717, 1.165) is 31.5 Å². The normalized spacial score (nSPS) is 22.1. The maximum absolute atomic E-state index is 13.5. The van der Waals surface area contributed by atoms with Crippen LogP contribution in [-0.4, -0.2) is 42.6 Å². The molecule has 3 rings (SSSR count). The molecule has 7 heteroatoms. The smallest absolute Gasteiger partial charge is 0.410 e. The molecule has 0 spiro atoms. The van der Waals surface area contributed by atoms with Crippen LogP contribution in [0, 0.1) is 5.92 Å². The van der Waals surface area contributed by atoms with Crippen molar-refractivity contribution in [3.8, 4) is 0 Å². The molecule has 1 N–H and O–H groups in total. The van der Waals surface area contributed by atoms with Crippen LogP contribution >= 0.6 is 12.4 Å². The summed E-state index contributed by atoms with van der Waals surface area (Å²) in [7, 11) is 0. The Morgan fingerprint density at radius 1 is 1.19 bits per heavy atom. The molecule has 1 aliphatic carbocycles. The molecule has 0 unspecified atom stereocenters. The zero-order chi connectivity index (χ0) is 18.4. The summed E-state index contributed by atoms with van der Waals surface area (Å²) in [4.78, 5) is 14.4. The lowest BCUT2D eigenvalue weighted by molar-refractivity contribution is -0.0534. The fourth-order valence-electron chi connectivity index (χ4n) is 3.84. The predicted molar refractivity (Wildman–Crippen MR) is 103 cm³/mol. The first-order valence-electron chi connectivity index (χ1n) is 9.59. The number of alkyl halides is 2. The molecule has 1 amide bonds. The van der Waals surface area contributed by atoms with Crippen molar-refractivity contribution in [1.82, 2.24) is 10.2 Å². The second kappa shape index (κ2) is 10.2. The molecule has 1 saturated carbocycles. The summed E-state index contributed by atoms with van der Waals surface area (Å²) in [5, 5.41) is 3.33. The lowest BCUT2D eigenvalue weighted by atomic mass is 9.91. The maximum atomic E-state index is 13.5. The average Bonchev–Trinajstić information content (AvgIpc) is 3.15. The van der Waals surface area contributed by atoms with E-state index in [9.17, 15) is 13.6 Å². The van der Waals surface area contributed by atoms with Gasteiger partial charge in [-0.3, -0.25) is 0 Å². The monoisotopic (exact) mass is 402 g/mol. The van der Waals surface area contributed by atoms with Crippen molar-refractivity contribution in [1.29, 1.82) is 0 Å². The third-order valence-electron chi connectivity index (χ3n) is 5.51. The van der Waals surface area contributed by atoms with E-state index >= 15 is 0 Å². The SMILES string of the molecule is Cl.O=C(OCc1ccccc1)N(CC[C@H]1CCNC1)C1CCC(F)(F)CC1. The minimum atomic E-state index is -2.59. The van der Waals surface area contributed by atoms with Crippen LogP contribution in [0.5, 0.6) is 0 Å². The van der Waals surface area contributed by atoms with Gasteiger partial charge in [0.25, 0.3) is 0 Å². The van der Waals surface area contributed by atoms with Gasteiger partial charge in [-0.05, 0) is 50.3 Å². The Morgan fingerprint density at radius 3 is 2.52 bits per heavy atom. The zero-order valence-electron chi connectivity index (χ0n) is 15.5. The molecule has 1 atom stereocenters. The van der Waals surface area contributed by atoms with Crippen molar-refractivity contribution in [2.24, 2.45) is 5.92 Å². The molecule has 27 heavy (non-hydrogen) atoms. The highest BCUT2D eigenvalue weighted by molar-refractivity contribution is 5.85. The fraction of sp³-hybridized carbons (Fsp3) is 0.650. The summed E-state index contributed by atoms with van der Waals surface area (Å²) in [6.45, 7) is 2.77. The van der Waals surface area contributed by atoms with Gasteiger partial charge in [0.15, 0.2) is 0 Å². The Kier molecular flexibility index (Phi) is 8.29. The standard InChI is InChI=1S/C20H28F2N2O2.ClH/c21-20(22)10-6-18(7-11-20)24(13-9-16-8-12-23-14-16)19(25)26-15-17-4-2-1-3-5-17;/h1-5,16,18,23H,6-15H2;1H/t16-;/m1./s1. The van der Waals surface area contributed by atoms with E-state index in [1.807, 2.05) is 30.3 Å². The highest BCUT2D eigenvalue weighted by Gasteiger charge is 2.38. The summed E-state index contributed by atoms with van der Waals surface area (Å²) >= 11 is 0. The molecule has 1 saturated heterocycles. The van der Waals surface area contributed by atoms with Crippen LogP contribution in [0.25, 0.3) is 0 Å². The van der Waals surface area contributed by atoms with Gasteiger partial charge in [-0.15, -0.1) is 12.4 Å². The number of carbonyl (C=O) groups is 1. The largest absolute Gasteiger partial charge is 0.445 e. The molecule has 0 radical (unpaired) electrons. The number of carbonyl (C=O) groups excluding carboxylic acids is 1. The van der Waals surface area contributed by atoms with Crippen LogP contribution in [0.3, 0.4) is 0 Å². The Hall–Kier alpha value is -1.40. The van der Waals surface area contributed by atoms with Gasteiger partial charge >= 0.3 is 6.09 Å². The first kappa shape index (κ1) is 21.9. The number of halogens is 3. The number of nitrogens with zero attached hydrogens (tertiary/aromatic N) is 1. The highest BCUT2D eigenvalue weighted by Crippen LogP contribution is 2.35. The Bertz CT molecular complexity index is 573. The molecule has 0 bridgehead atoms. The number of hydrogen-bond donors (Lipinski definition) is 1. The van der Waals surface area contributed by atoms with Crippen molar-refractivity contribution in [3.63, 3.8) is 0 Å². The zero-order valence-corrected chi connectivity index (χ0v) is 16.4. The number of rotatable bonds is 6. The third-order valence-corrected chi connectivity index (χ3v) is 5.51. The number of ether oxygens (including phenoxy) is 1. The fourth-order valence-corrected chi connectivity index (χ4v) is 3.84. The minimum Gasteiger partial charge on any atom is -0.445 e. The van der Waals surface area contributed by atoms with Crippen molar-refractivity contribution in [2.45, 2.75) is 57.1 Å². The van der Waals surface area contributed by atoms with Gasteiger partial charge in [-0.1, -0.05) is 30.3 Å². The van der Waals surface area contributed by atoms with Crippen LogP contribution in [-0.2, 0) is 11.3 Å². The lowest BCUT2D eigenvalue weighted by Crippen LogP contribution is -2.45. The molecule has 1 aromatic rings. The number of benzene rings is 1. The first-order chi connectivity index (χ1) is 12.5. The van der Waals surface area contributed by atoms with Crippen LogP contribution in [0.15, 0.2) is 30.3 Å². The average molecular weight is 403 g/mol. The third kappa shape index (κ3) is 6.61. The first-order valence-corrected chi connectivity index (χ1v) is 9.59. The Morgan fingerprint density at radius 2 is 1.89 bits per heavy atom. The van der Waals surface area contributed by atoms with Crippen molar-refractivity contribution < 1.29 is 18.3 Å². The Balaban J connectivity index is 0.00000261. The maximum Gasteiger partial charge on any atom is 0.410 e. The molecule has 2 fully saturated rings. The van der Waals surface area contributed by atoms with E-state index in [4.69, 9.17) is 4.74 Å². The van der Waals surface area contributed by atoms with Crippen LogP contribution in [0.1, 0.15) is 44.1 Å². The predicted octanol–water partition coefficient (Wildman–Crippen LogP) is 4.62. The minimum absolute atomic E-state index is 0. The molecular weight excluding hydrogens is 374 g/mol. The van der Waals surface area contributed by atoms with E-state index < -0.39 is 5.92 Å². The van der Waals surface area contributed by atoms with Gasteiger partial charge in [-0.2, -0.15) is 0 Å². The molecule has 152 valence electrons. The molecule has 2 aliphatic rings. The van der Waals surface area contributed by atoms with Crippen LogP contribution in [0.2, 0.25) is 0 Å². The Labute approximate surface area is 166 Å². The van der Waals surface area contributed by atoms with Crippen LogP contribution in [0.4, 0.5) is 13.6 Å². The van der Waals surface area contributed by atoms with E-state index in [-0.39, 0.29) is 44.0 Å². The molecule has 0 aromatic heterocycles. The lowest BCUT2D eigenvalue weighted by Gasteiger charge is -2.36. The molecule has 1 aliphatic heterocycles. The molecule has 1 heterocycles. The molecule has 1 aromatic carbocycles. The van der Waals surface area contributed by atoms with Gasteiger partial charge in [-0.25, -0.2) is 13.6 Å². The van der Waals surface area contributed by atoms with Crippen molar-refractivity contribution >= 4 is 18.5 Å². The molecule has 4 nitrogen and oxygen atoms in total. The highest BCUT2D eigenvalue weighted by atomic mass is 35.5. The summed E-state index contributed by atoms with van der Waals surface area (Å²) in [5.41, 5.74) is 0.927. The quantitative estimate of drug-likeness (QED) is 0.754. The van der Waals surface area contributed by atoms with Crippen molar-refractivity contribution in [3.05, 3.63) is 35.9 Å². The van der Waals surface area contributed by atoms with E-state index in [1.54, 1.807) is 4.90 Å². The molecular formula is C20H29ClF2N2O2. The summed E-state index contributed by atoms with van der Waals surface area (Å²) < 4.78 is 32.5. The van der Waals surface area contributed by atoms with Crippen LogP contribution < -0.4 is 5.32 Å². The van der Waals surface area contributed by atoms with Gasteiger partial charge in [0.1, 0.15) is 6.61 Å². The summed E-state index contributed by atoms with van der Waals surface area (Å²) in [6, 6.07) is 9.38. The second-order valence-electron chi connectivity index (χ2n) is 7.47. The van der Waals surface area contributed by atoms with Gasteiger partial charge < -0.3 is 15.0 Å². The summed E-state index contributed by atoms with van der Waals surface area (Å²) in [5.74, 6) is -2.05. The number of hydrogen-bond acceptors (Lipinski definition) is 3.